The maximum absolute atomic E-state index is 12.1. The molecule has 5 heteroatoms. The summed E-state index contributed by atoms with van der Waals surface area (Å²) < 4.78 is 7.41. The average Bonchev–Trinajstić information content (AvgIpc) is 3.13. The summed E-state index contributed by atoms with van der Waals surface area (Å²) in [5.74, 6) is 0.994. The number of aliphatic hydroxyl groups is 1. The number of rotatable bonds is 5. The van der Waals surface area contributed by atoms with Crippen LogP contribution in [-0.2, 0) is 12.1 Å². The Bertz CT molecular complexity index is 1020. The summed E-state index contributed by atoms with van der Waals surface area (Å²) in [7, 11) is 1.58. The minimum absolute atomic E-state index is 0.449. The number of hydrogen-bond donors (Lipinski definition) is 1. The van der Waals surface area contributed by atoms with E-state index in [0.717, 1.165) is 16.6 Å². The Balaban J connectivity index is 2.08. The van der Waals surface area contributed by atoms with E-state index in [4.69, 9.17) is 9.72 Å². The smallest absolute Gasteiger partial charge is 0.241 e. The van der Waals surface area contributed by atoms with E-state index in [1.807, 2.05) is 78.2 Å². The number of imidazole rings is 1. The van der Waals surface area contributed by atoms with Crippen LogP contribution in [-0.4, -0.2) is 26.8 Å². The van der Waals surface area contributed by atoms with Gasteiger partial charge in [-0.2, -0.15) is 0 Å². The van der Waals surface area contributed by atoms with Crippen LogP contribution in [0.3, 0.4) is 0 Å². The van der Waals surface area contributed by atoms with Crippen LogP contribution in [0.4, 0.5) is 0 Å². The summed E-state index contributed by atoms with van der Waals surface area (Å²) in [6, 6.07) is 21.1. The molecule has 2 aromatic heterocycles. The van der Waals surface area contributed by atoms with E-state index in [-0.39, 0.29) is 0 Å². The summed E-state index contributed by atoms with van der Waals surface area (Å²) in [5, 5.41) is 12.1. The molecule has 0 aliphatic heterocycles. The lowest BCUT2D eigenvalue weighted by atomic mass is 9.85. The van der Waals surface area contributed by atoms with Gasteiger partial charge in [-0.3, -0.25) is 0 Å². The maximum Gasteiger partial charge on any atom is 0.241 e. The quantitative estimate of drug-likeness (QED) is 0.590. The van der Waals surface area contributed by atoms with Crippen molar-refractivity contribution in [2.45, 2.75) is 19.1 Å². The fraction of sp³-hybridized carbons (Fsp3) is 0.182. The number of methoxy groups -OCH3 is 1. The number of benzene rings is 2. The van der Waals surface area contributed by atoms with E-state index in [0.29, 0.717) is 23.8 Å². The standard InChI is InChI=1S/C22H21N3O2/c1-3-25-18-14-15-23-20(27-2)19(18)24-21(25)22(26,16-10-6-4-7-11-16)17-12-8-5-9-13-17/h4-15,26H,3H2,1-2H3. The second-order valence-corrected chi connectivity index (χ2v) is 6.31. The lowest BCUT2D eigenvalue weighted by Crippen LogP contribution is -2.32. The number of hydrogen-bond acceptors (Lipinski definition) is 4. The molecule has 0 amide bonds. The van der Waals surface area contributed by atoms with Crippen molar-refractivity contribution in [3.63, 3.8) is 0 Å². The molecule has 2 aromatic carbocycles. The van der Waals surface area contributed by atoms with Gasteiger partial charge in [-0.25, -0.2) is 9.97 Å². The average molecular weight is 359 g/mol. The Hall–Kier alpha value is -3.18. The molecule has 0 atom stereocenters. The molecule has 2 heterocycles. The van der Waals surface area contributed by atoms with E-state index in [1.165, 1.54) is 0 Å². The monoisotopic (exact) mass is 359 g/mol. The highest BCUT2D eigenvalue weighted by molar-refractivity contribution is 5.81. The van der Waals surface area contributed by atoms with Crippen molar-refractivity contribution < 1.29 is 9.84 Å². The molecule has 0 radical (unpaired) electrons. The SMILES string of the molecule is CCn1c(C(O)(c2ccccc2)c2ccccc2)nc2c(OC)nccc21. The topological polar surface area (TPSA) is 60.2 Å². The highest BCUT2D eigenvalue weighted by atomic mass is 16.5. The Morgan fingerprint density at radius 2 is 1.56 bits per heavy atom. The van der Waals surface area contributed by atoms with E-state index in [2.05, 4.69) is 4.98 Å². The van der Waals surface area contributed by atoms with Gasteiger partial charge in [0, 0.05) is 12.7 Å². The van der Waals surface area contributed by atoms with Crippen LogP contribution in [0.2, 0.25) is 0 Å². The van der Waals surface area contributed by atoms with Crippen molar-refractivity contribution >= 4 is 11.0 Å². The largest absolute Gasteiger partial charge is 0.479 e. The van der Waals surface area contributed by atoms with Gasteiger partial charge >= 0.3 is 0 Å². The van der Waals surface area contributed by atoms with Gasteiger partial charge in [-0.15, -0.1) is 0 Å². The molecular weight excluding hydrogens is 338 g/mol. The van der Waals surface area contributed by atoms with Crippen molar-refractivity contribution in [2.24, 2.45) is 0 Å². The van der Waals surface area contributed by atoms with Gasteiger partial charge in [0.15, 0.2) is 16.9 Å². The molecule has 0 bridgehead atoms. The zero-order valence-corrected chi connectivity index (χ0v) is 15.3. The molecule has 0 aliphatic rings. The van der Waals surface area contributed by atoms with Crippen LogP contribution in [0.15, 0.2) is 72.9 Å². The first-order valence-electron chi connectivity index (χ1n) is 8.93. The summed E-state index contributed by atoms with van der Waals surface area (Å²) in [6.07, 6.45) is 1.70. The molecule has 136 valence electrons. The first-order valence-corrected chi connectivity index (χ1v) is 8.93. The Labute approximate surface area is 157 Å². The Morgan fingerprint density at radius 3 is 2.07 bits per heavy atom. The van der Waals surface area contributed by atoms with Crippen molar-refractivity contribution in [1.82, 2.24) is 14.5 Å². The van der Waals surface area contributed by atoms with Gasteiger partial charge in [-0.05, 0) is 24.1 Å². The first kappa shape index (κ1) is 17.2. The van der Waals surface area contributed by atoms with Gasteiger partial charge in [0.25, 0.3) is 0 Å². The third-order valence-corrected chi connectivity index (χ3v) is 4.85. The van der Waals surface area contributed by atoms with E-state index in [9.17, 15) is 5.11 Å². The zero-order valence-electron chi connectivity index (χ0n) is 15.3. The predicted molar refractivity (Wildman–Crippen MR) is 105 cm³/mol. The van der Waals surface area contributed by atoms with Crippen molar-refractivity contribution in [1.29, 1.82) is 0 Å². The predicted octanol–water partition coefficient (Wildman–Crippen LogP) is 3.74. The summed E-state index contributed by atoms with van der Waals surface area (Å²) in [5.41, 5.74) is 1.63. The number of ether oxygens (including phenoxy) is 1. The minimum atomic E-state index is -1.40. The van der Waals surface area contributed by atoms with Crippen LogP contribution >= 0.6 is 0 Å². The van der Waals surface area contributed by atoms with Crippen LogP contribution < -0.4 is 4.74 Å². The highest BCUT2D eigenvalue weighted by Crippen LogP contribution is 2.38. The molecule has 5 nitrogen and oxygen atoms in total. The van der Waals surface area contributed by atoms with Crippen molar-refractivity contribution in [3.05, 3.63) is 89.9 Å². The molecule has 0 spiro atoms. The van der Waals surface area contributed by atoms with Crippen molar-refractivity contribution in [3.8, 4) is 5.88 Å². The number of fused-ring (bicyclic) bond motifs is 1. The Morgan fingerprint density at radius 1 is 0.963 bits per heavy atom. The lowest BCUT2D eigenvalue weighted by Gasteiger charge is -2.29. The fourth-order valence-electron chi connectivity index (χ4n) is 3.56. The Kier molecular flexibility index (Phi) is 4.38. The van der Waals surface area contributed by atoms with E-state index in [1.54, 1.807) is 13.3 Å². The molecule has 0 saturated heterocycles. The molecule has 0 unspecified atom stereocenters. The normalized spacial score (nSPS) is 11.7. The van der Waals surface area contributed by atoms with Gasteiger partial charge in [0.1, 0.15) is 0 Å². The van der Waals surface area contributed by atoms with Crippen molar-refractivity contribution in [2.75, 3.05) is 7.11 Å². The van der Waals surface area contributed by atoms with Gasteiger partial charge < -0.3 is 14.4 Å². The van der Waals surface area contributed by atoms with Gasteiger partial charge in [0.05, 0.1) is 12.6 Å². The molecular formula is C22H21N3O2. The molecule has 4 rings (SSSR count). The molecule has 0 fully saturated rings. The molecule has 27 heavy (non-hydrogen) atoms. The minimum Gasteiger partial charge on any atom is -0.479 e. The van der Waals surface area contributed by atoms with Crippen LogP contribution in [0, 0.1) is 0 Å². The van der Waals surface area contributed by atoms with Crippen LogP contribution in [0.5, 0.6) is 5.88 Å². The fourth-order valence-corrected chi connectivity index (χ4v) is 3.56. The maximum atomic E-state index is 12.1. The highest BCUT2D eigenvalue weighted by Gasteiger charge is 2.39. The number of nitrogens with zero attached hydrogens (tertiary/aromatic N) is 3. The third kappa shape index (κ3) is 2.67. The summed E-state index contributed by atoms with van der Waals surface area (Å²) >= 11 is 0. The molecule has 1 N–H and O–H groups in total. The van der Waals surface area contributed by atoms with Gasteiger partial charge in [-0.1, -0.05) is 60.7 Å². The molecule has 0 aliphatic carbocycles. The van der Waals surface area contributed by atoms with Gasteiger partial charge in [0.2, 0.25) is 5.88 Å². The first-order chi connectivity index (χ1) is 13.2. The van der Waals surface area contributed by atoms with E-state index >= 15 is 0 Å². The number of pyridine rings is 1. The second kappa shape index (κ2) is 6.85. The van der Waals surface area contributed by atoms with Crippen LogP contribution in [0.25, 0.3) is 11.0 Å². The summed E-state index contributed by atoms with van der Waals surface area (Å²) in [6.45, 7) is 2.69. The molecule has 4 aromatic rings. The second-order valence-electron chi connectivity index (χ2n) is 6.31. The number of aryl methyl sites for hydroxylation is 1. The van der Waals surface area contributed by atoms with Crippen LogP contribution in [0.1, 0.15) is 23.9 Å². The molecule has 0 saturated carbocycles. The van der Waals surface area contributed by atoms with E-state index < -0.39 is 5.60 Å². The lowest BCUT2D eigenvalue weighted by molar-refractivity contribution is 0.112. The number of aromatic nitrogens is 3. The summed E-state index contributed by atoms with van der Waals surface area (Å²) in [4.78, 5) is 9.07. The zero-order chi connectivity index (χ0) is 18.9. The third-order valence-electron chi connectivity index (χ3n) is 4.85.